The lowest BCUT2D eigenvalue weighted by Gasteiger charge is -2.09. The Kier molecular flexibility index (Phi) is 4.09. The molecule has 0 amide bonds. The quantitative estimate of drug-likeness (QED) is 0.514. The lowest BCUT2D eigenvalue weighted by molar-refractivity contribution is 0.871. The monoisotopic (exact) mass is 353 g/mol. The number of nitrogens with zero attached hydrogens (tertiary/aromatic N) is 3. The number of anilines is 1. The van der Waals surface area contributed by atoms with Gasteiger partial charge in [0.1, 0.15) is 11.0 Å². The van der Waals surface area contributed by atoms with E-state index in [0.29, 0.717) is 11.1 Å². The highest BCUT2D eigenvalue weighted by Gasteiger charge is 2.13. The molecular formula is C19H20ClN5. The van der Waals surface area contributed by atoms with Gasteiger partial charge in [0.25, 0.3) is 0 Å². The van der Waals surface area contributed by atoms with Crippen molar-refractivity contribution in [3.8, 4) is 0 Å². The van der Waals surface area contributed by atoms with E-state index < -0.39 is 0 Å². The minimum atomic E-state index is 0.350. The van der Waals surface area contributed by atoms with Gasteiger partial charge in [-0.25, -0.2) is 4.98 Å². The lowest BCUT2D eigenvalue weighted by atomic mass is 10.1. The van der Waals surface area contributed by atoms with Crippen LogP contribution in [-0.4, -0.2) is 26.1 Å². The molecule has 0 unspecified atom stereocenters. The largest absolute Gasteiger partial charge is 0.370 e. The lowest BCUT2D eigenvalue weighted by Crippen LogP contribution is -2.09. The fraction of sp³-hybridized carbons (Fsp3) is 0.263. The van der Waals surface area contributed by atoms with Crippen molar-refractivity contribution in [3.63, 3.8) is 0 Å². The highest BCUT2D eigenvalue weighted by atomic mass is 35.5. The number of H-pyrrole nitrogens is 1. The van der Waals surface area contributed by atoms with Crippen LogP contribution in [0, 0.1) is 0 Å². The smallest absolute Gasteiger partial charge is 0.162 e. The average Bonchev–Trinajstić information content (AvgIpc) is 3.19. The first kappa shape index (κ1) is 16.0. The SMILES string of the molecule is CC(C)c1cnn2c(NCCc3c[nH]c4ccccc34)cc(Cl)nc12. The topological polar surface area (TPSA) is 58.0 Å². The molecule has 5 nitrogen and oxygen atoms in total. The maximum absolute atomic E-state index is 6.22. The molecule has 3 heterocycles. The predicted octanol–water partition coefficient (Wildman–Crippen LogP) is 4.64. The van der Waals surface area contributed by atoms with Gasteiger partial charge in [0.2, 0.25) is 0 Å². The van der Waals surface area contributed by atoms with Crippen molar-refractivity contribution in [1.29, 1.82) is 0 Å². The van der Waals surface area contributed by atoms with Crippen molar-refractivity contribution in [2.45, 2.75) is 26.2 Å². The molecule has 0 atom stereocenters. The number of hydrogen-bond donors (Lipinski definition) is 2. The van der Waals surface area contributed by atoms with Crippen LogP contribution in [0.3, 0.4) is 0 Å². The van der Waals surface area contributed by atoms with E-state index in [0.717, 1.165) is 30.0 Å². The van der Waals surface area contributed by atoms with Crippen LogP contribution in [0.4, 0.5) is 5.82 Å². The molecule has 1 aromatic carbocycles. The second-order valence-corrected chi connectivity index (χ2v) is 6.88. The Hall–Kier alpha value is -2.53. The number of hydrogen-bond acceptors (Lipinski definition) is 3. The molecule has 128 valence electrons. The molecule has 2 N–H and O–H groups in total. The average molecular weight is 354 g/mol. The predicted molar refractivity (Wildman–Crippen MR) is 103 cm³/mol. The van der Waals surface area contributed by atoms with Gasteiger partial charge in [-0.3, -0.25) is 0 Å². The number of aromatic nitrogens is 4. The molecule has 0 bridgehead atoms. The third-order valence-corrected chi connectivity index (χ3v) is 4.66. The Morgan fingerprint density at radius 2 is 2.12 bits per heavy atom. The van der Waals surface area contributed by atoms with E-state index in [4.69, 9.17) is 11.6 Å². The van der Waals surface area contributed by atoms with Gasteiger partial charge in [0, 0.05) is 35.3 Å². The van der Waals surface area contributed by atoms with Gasteiger partial charge in [0.05, 0.1) is 6.20 Å². The van der Waals surface area contributed by atoms with E-state index in [-0.39, 0.29) is 0 Å². The summed E-state index contributed by atoms with van der Waals surface area (Å²) >= 11 is 6.22. The summed E-state index contributed by atoms with van der Waals surface area (Å²) < 4.78 is 1.83. The van der Waals surface area contributed by atoms with Gasteiger partial charge in [0.15, 0.2) is 5.65 Å². The van der Waals surface area contributed by atoms with Crippen LogP contribution in [0.25, 0.3) is 16.6 Å². The van der Waals surface area contributed by atoms with E-state index in [1.54, 1.807) is 0 Å². The summed E-state index contributed by atoms with van der Waals surface area (Å²) in [5.41, 5.74) is 4.38. The second-order valence-electron chi connectivity index (χ2n) is 6.49. The van der Waals surface area contributed by atoms with Crippen molar-refractivity contribution in [2.24, 2.45) is 0 Å². The Morgan fingerprint density at radius 3 is 2.96 bits per heavy atom. The molecule has 0 saturated carbocycles. The summed E-state index contributed by atoms with van der Waals surface area (Å²) in [6.45, 7) is 5.04. The first-order valence-corrected chi connectivity index (χ1v) is 8.84. The molecule has 6 heteroatoms. The van der Waals surface area contributed by atoms with E-state index in [2.05, 4.69) is 58.6 Å². The van der Waals surface area contributed by atoms with Crippen LogP contribution in [-0.2, 0) is 6.42 Å². The summed E-state index contributed by atoms with van der Waals surface area (Å²) in [5, 5.41) is 9.66. The van der Waals surface area contributed by atoms with E-state index in [9.17, 15) is 0 Å². The summed E-state index contributed by atoms with van der Waals surface area (Å²) in [6, 6.07) is 10.2. The van der Waals surface area contributed by atoms with Crippen LogP contribution in [0.2, 0.25) is 5.15 Å². The molecule has 0 fully saturated rings. The minimum absolute atomic E-state index is 0.350. The summed E-state index contributed by atoms with van der Waals surface area (Å²) in [6.07, 6.45) is 4.85. The molecule has 0 spiro atoms. The second kappa shape index (κ2) is 6.41. The Labute approximate surface area is 151 Å². The first-order valence-electron chi connectivity index (χ1n) is 8.46. The molecule has 25 heavy (non-hydrogen) atoms. The van der Waals surface area contributed by atoms with Crippen LogP contribution in [0.5, 0.6) is 0 Å². The molecule has 0 radical (unpaired) electrons. The van der Waals surface area contributed by atoms with Crippen molar-refractivity contribution in [1.82, 2.24) is 19.6 Å². The third-order valence-electron chi connectivity index (χ3n) is 4.47. The normalized spacial score (nSPS) is 11.7. The van der Waals surface area contributed by atoms with Crippen molar-refractivity contribution in [2.75, 3.05) is 11.9 Å². The third kappa shape index (κ3) is 2.96. The number of para-hydroxylation sites is 1. The molecule has 0 aliphatic carbocycles. The zero-order valence-electron chi connectivity index (χ0n) is 14.3. The number of benzene rings is 1. The maximum Gasteiger partial charge on any atom is 0.162 e. The number of aromatic amines is 1. The van der Waals surface area contributed by atoms with Gasteiger partial charge in [-0.2, -0.15) is 9.61 Å². The zero-order valence-corrected chi connectivity index (χ0v) is 15.0. The highest BCUT2D eigenvalue weighted by molar-refractivity contribution is 6.29. The zero-order chi connectivity index (χ0) is 17.4. The molecule has 0 saturated heterocycles. The number of halogens is 1. The highest BCUT2D eigenvalue weighted by Crippen LogP contribution is 2.24. The van der Waals surface area contributed by atoms with Gasteiger partial charge < -0.3 is 10.3 Å². The van der Waals surface area contributed by atoms with Crippen LogP contribution in [0.1, 0.15) is 30.9 Å². The van der Waals surface area contributed by atoms with Crippen LogP contribution < -0.4 is 5.32 Å². The van der Waals surface area contributed by atoms with E-state index >= 15 is 0 Å². The molecule has 3 aromatic heterocycles. The Balaban J connectivity index is 1.57. The molecule has 0 aliphatic rings. The van der Waals surface area contributed by atoms with Gasteiger partial charge >= 0.3 is 0 Å². The van der Waals surface area contributed by atoms with Gasteiger partial charge in [-0.1, -0.05) is 43.6 Å². The summed E-state index contributed by atoms with van der Waals surface area (Å²) in [7, 11) is 0. The summed E-state index contributed by atoms with van der Waals surface area (Å²) in [4.78, 5) is 7.75. The molecule has 4 rings (SSSR count). The molecule has 4 aromatic rings. The van der Waals surface area contributed by atoms with Gasteiger partial charge in [-0.05, 0) is 24.0 Å². The van der Waals surface area contributed by atoms with E-state index in [1.807, 2.05) is 22.8 Å². The maximum atomic E-state index is 6.22. The number of rotatable bonds is 5. The summed E-state index contributed by atoms with van der Waals surface area (Å²) in [5.74, 6) is 1.21. The molecule has 0 aliphatic heterocycles. The van der Waals surface area contributed by atoms with Crippen LogP contribution in [0.15, 0.2) is 42.7 Å². The Bertz CT molecular complexity index is 1030. The number of nitrogens with one attached hydrogen (secondary N) is 2. The Morgan fingerprint density at radius 1 is 1.28 bits per heavy atom. The van der Waals surface area contributed by atoms with Crippen molar-refractivity contribution in [3.05, 3.63) is 59.0 Å². The minimum Gasteiger partial charge on any atom is -0.370 e. The van der Waals surface area contributed by atoms with Crippen LogP contribution >= 0.6 is 11.6 Å². The standard InChI is InChI=1S/C19H20ClN5/c1-12(2)15-11-23-25-18(9-17(20)24-19(15)25)21-8-7-13-10-22-16-6-4-3-5-14(13)16/h3-6,9-12,21-22H,7-8H2,1-2H3. The first-order chi connectivity index (χ1) is 12.1. The molecular weight excluding hydrogens is 334 g/mol. The van der Waals surface area contributed by atoms with E-state index in [1.165, 1.54) is 16.5 Å². The number of fused-ring (bicyclic) bond motifs is 2. The fourth-order valence-corrected chi connectivity index (χ4v) is 3.33. The van der Waals surface area contributed by atoms with Gasteiger partial charge in [-0.15, -0.1) is 0 Å². The fourth-order valence-electron chi connectivity index (χ4n) is 3.15. The van der Waals surface area contributed by atoms with Crippen molar-refractivity contribution >= 4 is 34.0 Å². The van der Waals surface area contributed by atoms with Crippen molar-refractivity contribution < 1.29 is 0 Å².